The van der Waals surface area contributed by atoms with Crippen LogP contribution in [0.3, 0.4) is 0 Å². The van der Waals surface area contributed by atoms with E-state index in [1.165, 1.54) is 0 Å². The molecule has 0 bridgehead atoms. The van der Waals surface area contributed by atoms with Crippen molar-refractivity contribution in [2.24, 2.45) is 10.2 Å². The molecule has 0 fully saturated rings. The van der Waals surface area contributed by atoms with Gasteiger partial charge in [-0.25, -0.2) is 4.79 Å². The fraction of sp³-hybridized carbons (Fsp3) is 0.133. The van der Waals surface area contributed by atoms with Crippen molar-refractivity contribution in [2.75, 3.05) is 5.32 Å². The van der Waals surface area contributed by atoms with Gasteiger partial charge in [0, 0.05) is 10.7 Å². The summed E-state index contributed by atoms with van der Waals surface area (Å²) < 4.78 is 5.19. The zero-order valence-electron chi connectivity index (χ0n) is 12.1. The van der Waals surface area contributed by atoms with E-state index in [-0.39, 0.29) is 0 Å². The molecule has 2 amide bonds. The van der Waals surface area contributed by atoms with Gasteiger partial charge in [0.15, 0.2) is 0 Å². The van der Waals surface area contributed by atoms with Gasteiger partial charge >= 0.3 is 6.03 Å². The number of amidine groups is 1. The highest BCUT2D eigenvalue weighted by Crippen LogP contribution is 2.13. The van der Waals surface area contributed by atoms with Crippen molar-refractivity contribution in [1.29, 1.82) is 0 Å². The van der Waals surface area contributed by atoms with Gasteiger partial charge in [0.1, 0.15) is 17.3 Å². The van der Waals surface area contributed by atoms with E-state index in [0.717, 1.165) is 0 Å². The van der Waals surface area contributed by atoms with E-state index < -0.39 is 6.03 Å². The first-order chi connectivity index (χ1) is 10.5. The monoisotopic (exact) mass is 318 g/mol. The number of urea groups is 1. The lowest BCUT2D eigenvalue weighted by atomic mass is 10.3. The number of carbonyl (C=O) groups is 1. The van der Waals surface area contributed by atoms with Crippen LogP contribution < -0.4 is 10.6 Å². The van der Waals surface area contributed by atoms with Crippen LogP contribution in [0.4, 0.5) is 10.5 Å². The maximum absolute atomic E-state index is 11.8. The van der Waals surface area contributed by atoms with Crippen LogP contribution in [-0.2, 0) is 0 Å². The molecule has 2 N–H and O–H groups in total. The normalized spacial score (nSPS) is 12.1. The Bertz CT molecular complexity index is 691. The Morgan fingerprint density at radius 2 is 1.86 bits per heavy atom. The highest BCUT2D eigenvalue weighted by Gasteiger charge is 2.03. The molecular formula is C15H15ClN4O2. The van der Waals surface area contributed by atoms with Crippen molar-refractivity contribution in [3.8, 4) is 0 Å². The molecule has 2 aromatic rings. The van der Waals surface area contributed by atoms with E-state index in [1.54, 1.807) is 56.5 Å². The lowest BCUT2D eigenvalue weighted by Crippen LogP contribution is -2.32. The van der Waals surface area contributed by atoms with Crippen molar-refractivity contribution in [3.63, 3.8) is 0 Å². The zero-order chi connectivity index (χ0) is 15.9. The molecule has 1 aromatic carbocycles. The number of rotatable bonds is 3. The summed E-state index contributed by atoms with van der Waals surface area (Å²) in [6.45, 7) is 3.41. The Morgan fingerprint density at radius 1 is 1.14 bits per heavy atom. The molecular weight excluding hydrogens is 304 g/mol. The van der Waals surface area contributed by atoms with Crippen molar-refractivity contribution in [1.82, 2.24) is 5.32 Å². The number of nitrogens with one attached hydrogen (secondary N) is 2. The molecule has 7 heteroatoms. The summed E-state index contributed by atoms with van der Waals surface area (Å²) in [4.78, 5) is 11.8. The predicted octanol–water partition coefficient (Wildman–Crippen LogP) is 3.90. The topological polar surface area (TPSA) is 79.0 Å². The lowest BCUT2D eigenvalue weighted by molar-refractivity contribution is 0.256. The number of hydrogen-bond donors (Lipinski definition) is 2. The lowest BCUT2D eigenvalue weighted by Gasteiger charge is -2.06. The molecule has 0 saturated heterocycles. The van der Waals surface area contributed by atoms with Gasteiger partial charge in [0.25, 0.3) is 0 Å². The number of hydrogen-bond acceptors (Lipinski definition) is 4. The smallest absolute Gasteiger partial charge is 0.324 e. The summed E-state index contributed by atoms with van der Waals surface area (Å²) in [5.41, 5.74) is 1.24. The first kappa shape index (κ1) is 15.8. The largest absolute Gasteiger partial charge is 0.463 e. The summed E-state index contributed by atoms with van der Waals surface area (Å²) in [7, 11) is 0. The van der Waals surface area contributed by atoms with Gasteiger partial charge in [-0.1, -0.05) is 11.6 Å². The van der Waals surface area contributed by atoms with Crippen LogP contribution in [-0.4, -0.2) is 17.6 Å². The van der Waals surface area contributed by atoms with Crippen molar-refractivity contribution in [2.45, 2.75) is 13.8 Å². The predicted molar refractivity (Wildman–Crippen MR) is 87.6 cm³/mol. The number of carbonyl (C=O) groups excluding carboxylic acids is 1. The Balaban J connectivity index is 1.92. The fourth-order valence-electron chi connectivity index (χ4n) is 1.57. The van der Waals surface area contributed by atoms with E-state index in [9.17, 15) is 4.79 Å². The van der Waals surface area contributed by atoms with Gasteiger partial charge in [0.05, 0.1) is 6.26 Å². The van der Waals surface area contributed by atoms with Gasteiger partial charge in [-0.15, -0.1) is 5.10 Å². The standard InChI is InChI=1S/C15H15ClN4O2/c1-10(14-4-3-9-22-14)19-20-11(2)17-15(21)18-13-7-5-12(16)6-8-13/h3-9H,1-2H3,(H2,17,18,20,21)/b19-10+. The second-order valence-electron chi connectivity index (χ2n) is 4.43. The molecule has 114 valence electrons. The molecule has 0 aliphatic heterocycles. The number of furan rings is 1. The summed E-state index contributed by atoms with van der Waals surface area (Å²) >= 11 is 5.78. The third-order valence-corrected chi connectivity index (χ3v) is 2.88. The summed E-state index contributed by atoms with van der Waals surface area (Å²) in [5.74, 6) is 0.986. The van der Waals surface area contributed by atoms with Crippen LogP contribution in [0.5, 0.6) is 0 Å². The van der Waals surface area contributed by atoms with Crippen LogP contribution in [0.1, 0.15) is 19.6 Å². The molecule has 22 heavy (non-hydrogen) atoms. The average molecular weight is 319 g/mol. The maximum Gasteiger partial charge on any atom is 0.324 e. The van der Waals surface area contributed by atoms with Gasteiger partial charge in [-0.3, -0.25) is 5.32 Å². The summed E-state index contributed by atoms with van der Waals surface area (Å²) in [6.07, 6.45) is 1.56. The van der Waals surface area contributed by atoms with E-state index in [2.05, 4.69) is 20.8 Å². The number of nitrogens with zero attached hydrogens (tertiary/aromatic N) is 2. The fourth-order valence-corrected chi connectivity index (χ4v) is 1.69. The van der Waals surface area contributed by atoms with Crippen LogP contribution in [0.15, 0.2) is 57.3 Å². The molecule has 0 atom stereocenters. The van der Waals surface area contributed by atoms with Gasteiger partial charge < -0.3 is 9.73 Å². The Hall–Kier alpha value is -2.60. The molecule has 0 aliphatic carbocycles. The molecule has 0 aliphatic rings. The maximum atomic E-state index is 11.8. The highest BCUT2D eigenvalue weighted by atomic mass is 35.5. The number of halogens is 1. The third-order valence-electron chi connectivity index (χ3n) is 2.62. The minimum Gasteiger partial charge on any atom is -0.463 e. The number of benzene rings is 1. The quantitative estimate of drug-likeness (QED) is 0.511. The number of amides is 2. The van der Waals surface area contributed by atoms with Crippen LogP contribution in [0, 0.1) is 0 Å². The minimum absolute atomic E-state index is 0.359. The molecule has 2 rings (SSSR count). The van der Waals surface area contributed by atoms with E-state index in [0.29, 0.717) is 28.0 Å². The average Bonchev–Trinajstić information content (AvgIpc) is 3.01. The molecule has 0 spiro atoms. The number of anilines is 1. The van der Waals surface area contributed by atoms with Crippen LogP contribution in [0.25, 0.3) is 0 Å². The second-order valence-corrected chi connectivity index (χ2v) is 4.87. The molecule has 0 saturated carbocycles. The molecule has 6 nitrogen and oxygen atoms in total. The summed E-state index contributed by atoms with van der Waals surface area (Å²) in [6, 6.07) is 9.92. The van der Waals surface area contributed by atoms with Gasteiger partial charge in [0.2, 0.25) is 0 Å². The van der Waals surface area contributed by atoms with E-state index in [1.807, 2.05) is 0 Å². The zero-order valence-corrected chi connectivity index (χ0v) is 12.9. The molecule has 1 aromatic heterocycles. The van der Waals surface area contributed by atoms with Crippen molar-refractivity contribution >= 4 is 34.9 Å². The van der Waals surface area contributed by atoms with E-state index in [4.69, 9.17) is 16.0 Å². The Labute approximate surface area is 132 Å². The third kappa shape index (κ3) is 4.75. The minimum atomic E-state index is -0.408. The van der Waals surface area contributed by atoms with Gasteiger partial charge in [-0.05, 0) is 50.2 Å². The van der Waals surface area contributed by atoms with Crippen molar-refractivity contribution < 1.29 is 9.21 Å². The first-order valence-electron chi connectivity index (χ1n) is 6.51. The van der Waals surface area contributed by atoms with Gasteiger partial charge in [-0.2, -0.15) is 5.10 Å². The first-order valence-corrected chi connectivity index (χ1v) is 6.88. The van der Waals surface area contributed by atoms with E-state index >= 15 is 0 Å². The second kappa shape index (κ2) is 7.42. The highest BCUT2D eigenvalue weighted by molar-refractivity contribution is 6.30. The molecule has 0 radical (unpaired) electrons. The SMILES string of the molecule is C/C(=N\N=C(/C)c1ccco1)NC(=O)Nc1ccc(Cl)cc1. The summed E-state index contributed by atoms with van der Waals surface area (Å²) in [5, 5.41) is 13.8. The molecule has 0 unspecified atom stereocenters. The Morgan fingerprint density at radius 3 is 2.50 bits per heavy atom. The molecule has 1 heterocycles. The van der Waals surface area contributed by atoms with Crippen molar-refractivity contribution in [3.05, 3.63) is 53.4 Å². The Kier molecular flexibility index (Phi) is 5.32. The van der Waals surface area contributed by atoms with Crippen LogP contribution in [0.2, 0.25) is 5.02 Å². The van der Waals surface area contributed by atoms with Crippen LogP contribution >= 0.6 is 11.6 Å².